The van der Waals surface area contributed by atoms with Crippen molar-refractivity contribution in [2.75, 3.05) is 25.5 Å². The molecular formula is C14H26N4. The minimum atomic E-state index is 0.520. The van der Waals surface area contributed by atoms with Gasteiger partial charge in [-0.2, -0.15) is 5.10 Å². The quantitative estimate of drug-likeness (QED) is 0.894. The van der Waals surface area contributed by atoms with E-state index < -0.39 is 0 Å². The Balaban J connectivity index is 2.06. The lowest BCUT2D eigenvalue weighted by Gasteiger charge is -2.36. The van der Waals surface area contributed by atoms with E-state index in [-0.39, 0.29) is 0 Å². The minimum Gasteiger partial charge on any atom is -0.373 e. The van der Waals surface area contributed by atoms with Gasteiger partial charge < -0.3 is 5.32 Å². The molecule has 102 valence electrons. The van der Waals surface area contributed by atoms with Crippen LogP contribution in [-0.2, 0) is 13.6 Å². The molecule has 18 heavy (non-hydrogen) atoms. The van der Waals surface area contributed by atoms with Crippen LogP contribution in [0.3, 0.4) is 0 Å². The molecule has 2 heterocycles. The molecule has 0 aliphatic carbocycles. The Morgan fingerprint density at radius 1 is 1.28 bits per heavy atom. The number of hydrogen-bond acceptors (Lipinski definition) is 3. The largest absolute Gasteiger partial charge is 0.373 e. The Morgan fingerprint density at radius 3 is 2.44 bits per heavy atom. The summed E-state index contributed by atoms with van der Waals surface area (Å²) >= 11 is 0. The molecule has 0 bridgehead atoms. The van der Waals surface area contributed by atoms with E-state index in [0.29, 0.717) is 5.41 Å². The summed E-state index contributed by atoms with van der Waals surface area (Å²) in [6.07, 6.45) is 2.59. The molecule has 1 saturated heterocycles. The van der Waals surface area contributed by atoms with Crippen molar-refractivity contribution in [1.29, 1.82) is 0 Å². The molecule has 0 saturated carbocycles. The van der Waals surface area contributed by atoms with Crippen LogP contribution in [0.15, 0.2) is 0 Å². The second-order valence-electron chi connectivity index (χ2n) is 6.23. The maximum atomic E-state index is 4.50. The molecule has 4 nitrogen and oxygen atoms in total. The molecular weight excluding hydrogens is 224 g/mol. The lowest BCUT2D eigenvalue weighted by atomic mass is 9.82. The predicted octanol–water partition coefficient (Wildman–Crippen LogP) is 2.39. The Kier molecular flexibility index (Phi) is 3.66. The number of aromatic nitrogens is 2. The molecule has 1 aliphatic heterocycles. The molecule has 0 amide bonds. The summed E-state index contributed by atoms with van der Waals surface area (Å²) in [5, 5.41) is 7.77. The molecule has 1 fully saturated rings. The summed E-state index contributed by atoms with van der Waals surface area (Å²) in [4.78, 5) is 2.55. The van der Waals surface area contributed by atoms with Crippen LogP contribution in [0, 0.1) is 12.3 Å². The summed E-state index contributed by atoms with van der Waals surface area (Å²) in [5.41, 5.74) is 3.01. The van der Waals surface area contributed by atoms with Crippen molar-refractivity contribution < 1.29 is 0 Å². The summed E-state index contributed by atoms with van der Waals surface area (Å²) in [7, 11) is 3.97. The van der Waals surface area contributed by atoms with E-state index in [2.05, 4.69) is 36.1 Å². The Morgan fingerprint density at radius 2 is 1.89 bits per heavy atom. The zero-order valence-corrected chi connectivity index (χ0v) is 12.4. The van der Waals surface area contributed by atoms with Crippen molar-refractivity contribution in [2.45, 2.75) is 40.2 Å². The number of nitrogens with one attached hydrogen (secondary N) is 1. The highest BCUT2D eigenvalue weighted by molar-refractivity contribution is 5.46. The van der Waals surface area contributed by atoms with Crippen LogP contribution >= 0.6 is 0 Å². The second-order valence-corrected chi connectivity index (χ2v) is 6.23. The number of hydrogen-bond donors (Lipinski definition) is 1. The van der Waals surface area contributed by atoms with Gasteiger partial charge in [0.2, 0.25) is 0 Å². The number of piperidine rings is 1. The molecule has 0 unspecified atom stereocenters. The lowest BCUT2D eigenvalue weighted by molar-refractivity contribution is 0.127. The topological polar surface area (TPSA) is 33.1 Å². The highest BCUT2D eigenvalue weighted by Gasteiger charge is 2.26. The molecule has 4 heteroatoms. The van der Waals surface area contributed by atoms with E-state index in [1.807, 2.05) is 18.8 Å². The van der Waals surface area contributed by atoms with Gasteiger partial charge in [-0.3, -0.25) is 9.58 Å². The Hall–Kier alpha value is -1.03. The first-order chi connectivity index (χ1) is 8.43. The van der Waals surface area contributed by atoms with Gasteiger partial charge in [-0.05, 0) is 38.3 Å². The van der Waals surface area contributed by atoms with Crippen LogP contribution in [-0.4, -0.2) is 34.8 Å². The summed E-state index contributed by atoms with van der Waals surface area (Å²) in [6.45, 7) is 10.3. The van der Waals surface area contributed by atoms with E-state index in [0.717, 1.165) is 18.1 Å². The highest BCUT2D eigenvalue weighted by Crippen LogP contribution is 2.31. The van der Waals surface area contributed by atoms with Crippen molar-refractivity contribution in [2.24, 2.45) is 12.5 Å². The smallest absolute Gasteiger partial charge is 0.128 e. The van der Waals surface area contributed by atoms with Gasteiger partial charge in [-0.15, -0.1) is 0 Å². The zero-order valence-electron chi connectivity index (χ0n) is 12.4. The SMILES string of the molecule is CNc1c(CN2CCC(C)(C)CC2)c(C)nn1C. The van der Waals surface area contributed by atoms with Crippen molar-refractivity contribution in [3.05, 3.63) is 11.3 Å². The van der Waals surface area contributed by atoms with E-state index in [9.17, 15) is 0 Å². The molecule has 0 aromatic carbocycles. The van der Waals surface area contributed by atoms with E-state index in [1.54, 1.807) is 0 Å². The summed E-state index contributed by atoms with van der Waals surface area (Å²) < 4.78 is 1.94. The standard InChI is InChI=1S/C14H26N4/c1-11-12(13(15-4)17(5)16-11)10-18-8-6-14(2,3)7-9-18/h15H,6-10H2,1-5H3. The van der Waals surface area contributed by atoms with Crippen LogP contribution in [0.25, 0.3) is 0 Å². The minimum absolute atomic E-state index is 0.520. The lowest BCUT2D eigenvalue weighted by Crippen LogP contribution is -2.37. The Labute approximate surface area is 110 Å². The van der Waals surface area contributed by atoms with Gasteiger partial charge in [0, 0.05) is 26.2 Å². The van der Waals surface area contributed by atoms with Crippen LogP contribution in [0.2, 0.25) is 0 Å². The number of likely N-dealkylation sites (tertiary alicyclic amines) is 1. The predicted molar refractivity (Wildman–Crippen MR) is 75.8 cm³/mol. The van der Waals surface area contributed by atoms with Gasteiger partial charge in [0.15, 0.2) is 0 Å². The van der Waals surface area contributed by atoms with Gasteiger partial charge in [0.1, 0.15) is 5.82 Å². The first kappa shape index (κ1) is 13.4. The monoisotopic (exact) mass is 250 g/mol. The van der Waals surface area contributed by atoms with Gasteiger partial charge in [-0.25, -0.2) is 0 Å². The zero-order chi connectivity index (χ0) is 13.3. The van der Waals surface area contributed by atoms with Crippen molar-refractivity contribution in [1.82, 2.24) is 14.7 Å². The number of nitrogens with zero attached hydrogens (tertiary/aromatic N) is 3. The van der Waals surface area contributed by atoms with Gasteiger partial charge >= 0.3 is 0 Å². The van der Waals surface area contributed by atoms with Crippen molar-refractivity contribution >= 4 is 5.82 Å². The third-order valence-electron chi connectivity index (χ3n) is 4.17. The molecule has 1 aromatic heterocycles. The molecule has 0 atom stereocenters. The molecule has 1 aliphatic rings. The number of aryl methyl sites for hydroxylation is 2. The van der Waals surface area contributed by atoms with Crippen LogP contribution < -0.4 is 5.32 Å². The molecule has 1 N–H and O–H groups in total. The molecule has 0 spiro atoms. The normalized spacial score (nSPS) is 20.1. The first-order valence-corrected chi connectivity index (χ1v) is 6.85. The van der Waals surface area contributed by atoms with Crippen molar-refractivity contribution in [3.63, 3.8) is 0 Å². The third kappa shape index (κ3) is 2.69. The van der Waals surface area contributed by atoms with Crippen LogP contribution in [0.4, 0.5) is 5.82 Å². The second kappa shape index (κ2) is 4.92. The van der Waals surface area contributed by atoms with Crippen LogP contribution in [0.5, 0.6) is 0 Å². The third-order valence-corrected chi connectivity index (χ3v) is 4.17. The van der Waals surface area contributed by atoms with Crippen LogP contribution in [0.1, 0.15) is 37.9 Å². The maximum absolute atomic E-state index is 4.50. The van der Waals surface area contributed by atoms with Gasteiger partial charge in [-0.1, -0.05) is 13.8 Å². The summed E-state index contributed by atoms with van der Waals surface area (Å²) in [6, 6.07) is 0. The average molecular weight is 250 g/mol. The molecule has 0 radical (unpaired) electrons. The molecule has 1 aromatic rings. The first-order valence-electron chi connectivity index (χ1n) is 6.85. The van der Waals surface area contributed by atoms with Gasteiger partial charge in [0.25, 0.3) is 0 Å². The number of rotatable bonds is 3. The van der Waals surface area contributed by atoms with E-state index in [1.165, 1.54) is 31.5 Å². The van der Waals surface area contributed by atoms with Crippen molar-refractivity contribution in [3.8, 4) is 0 Å². The maximum Gasteiger partial charge on any atom is 0.128 e. The fourth-order valence-electron chi connectivity index (χ4n) is 2.74. The van der Waals surface area contributed by atoms with E-state index in [4.69, 9.17) is 0 Å². The number of anilines is 1. The fraction of sp³-hybridized carbons (Fsp3) is 0.786. The van der Waals surface area contributed by atoms with E-state index >= 15 is 0 Å². The highest BCUT2D eigenvalue weighted by atomic mass is 15.3. The fourth-order valence-corrected chi connectivity index (χ4v) is 2.74. The molecule has 2 rings (SSSR count). The summed E-state index contributed by atoms with van der Waals surface area (Å²) in [5.74, 6) is 1.15. The van der Waals surface area contributed by atoms with Gasteiger partial charge in [0.05, 0.1) is 5.69 Å². The Bertz CT molecular complexity index is 410. The average Bonchev–Trinajstić information content (AvgIpc) is 2.56.